The lowest BCUT2D eigenvalue weighted by Crippen LogP contribution is -2.32. The van der Waals surface area contributed by atoms with Crippen molar-refractivity contribution >= 4 is 17.0 Å². The van der Waals surface area contributed by atoms with Gasteiger partial charge in [-0.05, 0) is 38.7 Å². The molecule has 3 aromatic rings. The number of rotatable bonds is 4. The number of nitrogens with two attached hydrogens (primary N) is 1. The van der Waals surface area contributed by atoms with Crippen LogP contribution in [0.15, 0.2) is 23.3 Å². The molecule has 1 aliphatic carbocycles. The number of hydrogen-bond acceptors (Lipinski definition) is 7. The molecule has 0 aliphatic heterocycles. The fourth-order valence-electron chi connectivity index (χ4n) is 3.89. The Hall–Kier alpha value is -2.78. The molecule has 0 atom stereocenters. The summed E-state index contributed by atoms with van der Waals surface area (Å²) in [6.45, 7) is 1.58. The zero-order valence-electron chi connectivity index (χ0n) is 15.1. The van der Waals surface area contributed by atoms with Gasteiger partial charge in [-0.3, -0.25) is 14.5 Å². The molecule has 3 heterocycles. The summed E-state index contributed by atoms with van der Waals surface area (Å²) in [5, 5.41) is 16.5. The molecule has 1 saturated carbocycles. The molecule has 4 rings (SSSR count). The zero-order chi connectivity index (χ0) is 19.0. The minimum atomic E-state index is -0.281. The smallest absolute Gasteiger partial charge is 0.260 e. The van der Waals surface area contributed by atoms with E-state index in [0.29, 0.717) is 11.2 Å². The van der Waals surface area contributed by atoms with Crippen LogP contribution in [-0.4, -0.2) is 42.7 Å². The number of H-pyrrole nitrogens is 1. The SMILES string of the molecule is Cc1nc(N)nc2c1cc(-c1cn[nH]c1)c(=O)n2C1CCC(OCO)CC1. The first-order chi connectivity index (χ1) is 13.1. The van der Waals surface area contributed by atoms with Crippen molar-refractivity contribution < 1.29 is 9.84 Å². The number of aromatic nitrogens is 5. The molecule has 9 nitrogen and oxygen atoms in total. The lowest BCUT2D eigenvalue weighted by molar-refractivity contribution is -0.0663. The Morgan fingerprint density at radius 1 is 1.33 bits per heavy atom. The zero-order valence-corrected chi connectivity index (χ0v) is 15.1. The number of fused-ring (bicyclic) bond motifs is 1. The molecule has 142 valence electrons. The van der Waals surface area contributed by atoms with Crippen molar-refractivity contribution in [3.63, 3.8) is 0 Å². The first-order valence-electron chi connectivity index (χ1n) is 8.99. The number of nitrogens with one attached hydrogen (secondary N) is 1. The maximum Gasteiger partial charge on any atom is 0.260 e. The number of aryl methyl sites for hydroxylation is 1. The highest BCUT2D eigenvalue weighted by molar-refractivity contribution is 5.83. The Bertz CT molecular complexity index is 1010. The number of hydrogen-bond donors (Lipinski definition) is 3. The molecule has 3 aromatic heterocycles. The molecule has 1 fully saturated rings. The van der Waals surface area contributed by atoms with Gasteiger partial charge in [0.25, 0.3) is 5.56 Å². The third-order valence-electron chi connectivity index (χ3n) is 5.23. The van der Waals surface area contributed by atoms with Crippen molar-refractivity contribution in [3.8, 4) is 11.1 Å². The lowest BCUT2D eigenvalue weighted by atomic mass is 9.92. The van der Waals surface area contributed by atoms with Gasteiger partial charge in [0.15, 0.2) is 0 Å². The normalized spacial score (nSPS) is 20.2. The lowest BCUT2D eigenvalue weighted by Gasteiger charge is -2.30. The van der Waals surface area contributed by atoms with Crippen molar-refractivity contribution in [2.45, 2.75) is 44.8 Å². The van der Waals surface area contributed by atoms with E-state index in [9.17, 15) is 4.79 Å². The summed E-state index contributed by atoms with van der Waals surface area (Å²) in [4.78, 5) is 22.0. The fourth-order valence-corrected chi connectivity index (χ4v) is 3.89. The van der Waals surface area contributed by atoms with Crippen molar-refractivity contribution in [1.82, 2.24) is 24.7 Å². The van der Waals surface area contributed by atoms with E-state index >= 15 is 0 Å². The van der Waals surface area contributed by atoms with E-state index in [-0.39, 0.29) is 30.4 Å². The predicted molar refractivity (Wildman–Crippen MR) is 100.0 cm³/mol. The van der Waals surface area contributed by atoms with Crippen molar-refractivity contribution in [2.75, 3.05) is 12.5 Å². The number of nitrogens with zero attached hydrogens (tertiary/aromatic N) is 4. The van der Waals surface area contributed by atoms with Crippen LogP contribution in [0, 0.1) is 6.92 Å². The highest BCUT2D eigenvalue weighted by Gasteiger charge is 2.27. The van der Waals surface area contributed by atoms with Crippen molar-refractivity contribution in [3.05, 3.63) is 34.5 Å². The molecule has 27 heavy (non-hydrogen) atoms. The molecule has 0 saturated heterocycles. The van der Waals surface area contributed by atoms with Crippen LogP contribution >= 0.6 is 0 Å². The number of ether oxygens (including phenoxy) is 1. The standard InChI is InChI=1S/C18H22N6O3/c1-10-14-6-15(11-7-20-21-8-11)17(26)24(16(14)23-18(19)22-10)12-2-4-13(5-3-12)27-9-25/h6-8,12-13,25H,2-5,9H2,1H3,(H,20,21)(H2,19,22,23). The monoisotopic (exact) mass is 370 g/mol. The third kappa shape index (κ3) is 3.19. The molecule has 0 bridgehead atoms. The first-order valence-corrected chi connectivity index (χ1v) is 8.99. The Morgan fingerprint density at radius 2 is 2.11 bits per heavy atom. The van der Waals surface area contributed by atoms with Gasteiger partial charge < -0.3 is 15.6 Å². The Kier molecular flexibility index (Phi) is 4.63. The summed E-state index contributed by atoms with van der Waals surface area (Å²) in [5.74, 6) is 0.154. The molecule has 0 spiro atoms. The molecule has 0 unspecified atom stereocenters. The minimum absolute atomic E-state index is 0.0147. The Labute approximate surface area is 155 Å². The van der Waals surface area contributed by atoms with Crippen LogP contribution < -0.4 is 11.3 Å². The average Bonchev–Trinajstić information content (AvgIpc) is 3.17. The number of aliphatic hydroxyl groups is 1. The minimum Gasteiger partial charge on any atom is -0.371 e. The van der Waals surface area contributed by atoms with Crippen LogP contribution in [0.5, 0.6) is 0 Å². The molecule has 9 heteroatoms. The van der Waals surface area contributed by atoms with E-state index in [1.165, 1.54) is 0 Å². The van der Waals surface area contributed by atoms with Gasteiger partial charge in [0.2, 0.25) is 5.95 Å². The van der Waals surface area contributed by atoms with E-state index in [2.05, 4.69) is 20.2 Å². The van der Waals surface area contributed by atoms with Gasteiger partial charge in [0.1, 0.15) is 12.4 Å². The van der Waals surface area contributed by atoms with E-state index in [0.717, 1.165) is 42.3 Å². The van der Waals surface area contributed by atoms with Gasteiger partial charge in [-0.2, -0.15) is 10.1 Å². The topological polar surface area (TPSA) is 132 Å². The van der Waals surface area contributed by atoms with Gasteiger partial charge in [0, 0.05) is 23.2 Å². The summed E-state index contributed by atoms with van der Waals surface area (Å²) < 4.78 is 7.06. The second kappa shape index (κ2) is 7.09. The van der Waals surface area contributed by atoms with E-state index in [1.807, 2.05) is 13.0 Å². The van der Waals surface area contributed by atoms with E-state index in [1.54, 1.807) is 17.0 Å². The van der Waals surface area contributed by atoms with Crippen LogP contribution in [0.4, 0.5) is 5.95 Å². The Morgan fingerprint density at radius 3 is 2.78 bits per heavy atom. The van der Waals surface area contributed by atoms with Crippen LogP contribution in [-0.2, 0) is 4.74 Å². The molecule has 1 aliphatic rings. The average molecular weight is 370 g/mol. The quantitative estimate of drug-likeness (QED) is 0.593. The molecule has 0 aromatic carbocycles. The molecular formula is C18H22N6O3. The largest absolute Gasteiger partial charge is 0.371 e. The van der Waals surface area contributed by atoms with Crippen molar-refractivity contribution in [1.29, 1.82) is 0 Å². The van der Waals surface area contributed by atoms with Gasteiger partial charge in [-0.1, -0.05) is 0 Å². The Balaban J connectivity index is 1.87. The van der Waals surface area contributed by atoms with Gasteiger partial charge in [-0.25, -0.2) is 4.98 Å². The van der Waals surface area contributed by atoms with E-state index < -0.39 is 0 Å². The van der Waals surface area contributed by atoms with Crippen molar-refractivity contribution in [2.24, 2.45) is 0 Å². The second-order valence-corrected chi connectivity index (χ2v) is 6.85. The summed E-state index contributed by atoms with van der Waals surface area (Å²) in [7, 11) is 0. The summed E-state index contributed by atoms with van der Waals surface area (Å²) in [5.41, 5.74) is 8.32. The summed E-state index contributed by atoms with van der Waals surface area (Å²) >= 11 is 0. The van der Waals surface area contributed by atoms with E-state index in [4.69, 9.17) is 15.6 Å². The van der Waals surface area contributed by atoms with Gasteiger partial charge in [-0.15, -0.1) is 0 Å². The first kappa shape index (κ1) is 17.6. The fraction of sp³-hybridized carbons (Fsp3) is 0.444. The number of aromatic amines is 1. The molecule has 0 amide bonds. The second-order valence-electron chi connectivity index (χ2n) is 6.85. The van der Waals surface area contributed by atoms with Gasteiger partial charge in [0.05, 0.1) is 23.6 Å². The highest BCUT2D eigenvalue weighted by atomic mass is 16.6. The maximum atomic E-state index is 13.4. The maximum absolute atomic E-state index is 13.4. The summed E-state index contributed by atoms with van der Waals surface area (Å²) in [6, 6.07) is 1.80. The van der Waals surface area contributed by atoms with Crippen LogP contribution in [0.2, 0.25) is 0 Å². The van der Waals surface area contributed by atoms with Crippen LogP contribution in [0.3, 0.4) is 0 Å². The van der Waals surface area contributed by atoms with Gasteiger partial charge >= 0.3 is 0 Å². The number of pyridine rings is 1. The summed E-state index contributed by atoms with van der Waals surface area (Å²) in [6.07, 6.45) is 6.42. The number of anilines is 1. The molecule has 0 radical (unpaired) electrons. The van der Waals surface area contributed by atoms with Crippen LogP contribution in [0.1, 0.15) is 37.4 Å². The number of aliphatic hydroxyl groups excluding tert-OH is 1. The molecule has 4 N–H and O–H groups in total. The van der Waals surface area contributed by atoms with Crippen LogP contribution in [0.25, 0.3) is 22.2 Å². The number of nitrogen functional groups attached to an aromatic ring is 1. The predicted octanol–water partition coefficient (Wildman–Crippen LogP) is 1.52. The highest BCUT2D eigenvalue weighted by Crippen LogP contribution is 2.32. The third-order valence-corrected chi connectivity index (χ3v) is 5.23. The molecular weight excluding hydrogens is 348 g/mol.